The number of hydrogen-bond acceptors (Lipinski definition) is 3. The van der Waals surface area contributed by atoms with E-state index in [1.807, 2.05) is 30.3 Å². The monoisotopic (exact) mass is 331 g/mol. The number of anilines is 3. The minimum atomic E-state index is -0.143. The Morgan fingerprint density at radius 1 is 1.00 bits per heavy atom. The molecule has 0 unspecified atom stereocenters. The number of amides is 1. The number of carbonyl (C=O) groups is 1. The molecule has 0 fully saturated rings. The van der Waals surface area contributed by atoms with Crippen LogP contribution in [0.2, 0.25) is 0 Å². The molecule has 126 valence electrons. The van der Waals surface area contributed by atoms with Gasteiger partial charge < -0.3 is 10.6 Å². The summed E-state index contributed by atoms with van der Waals surface area (Å²) in [5.41, 5.74) is 4.82. The van der Waals surface area contributed by atoms with Gasteiger partial charge in [-0.3, -0.25) is 4.79 Å². The predicted octanol–water partition coefficient (Wildman–Crippen LogP) is 4.95. The lowest BCUT2D eigenvalue weighted by molar-refractivity contribution is 0.102. The van der Waals surface area contributed by atoms with Gasteiger partial charge in [0.2, 0.25) is 0 Å². The Kier molecular flexibility index (Phi) is 5.09. The molecule has 0 aliphatic carbocycles. The van der Waals surface area contributed by atoms with E-state index in [2.05, 4.69) is 47.7 Å². The van der Waals surface area contributed by atoms with Crippen molar-refractivity contribution < 1.29 is 4.79 Å². The van der Waals surface area contributed by atoms with E-state index in [0.717, 1.165) is 17.9 Å². The molecule has 4 heteroatoms. The summed E-state index contributed by atoms with van der Waals surface area (Å²) in [7, 11) is 0. The number of pyridine rings is 1. The summed E-state index contributed by atoms with van der Waals surface area (Å²) in [6.07, 6.45) is 2.61. The molecule has 1 heterocycles. The smallest absolute Gasteiger partial charge is 0.255 e. The number of aromatic nitrogens is 1. The molecule has 2 N–H and O–H groups in total. The summed E-state index contributed by atoms with van der Waals surface area (Å²) in [6.45, 7) is 4.21. The van der Waals surface area contributed by atoms with Gasteiger partial charge in [-0.2, -0.15) is 0 Å². The molecule has 0 bridgehead atoms. The summed E-state index contributed by atoms with van der Waals surface area (Å²) in [5.74, 6) is 0.608. The number of benzene rings is 2. The van der Waals surface area contributed by atoms with Crippen LogP contribution in [-0.4, -0.2) is 10.9 Å². The number of hydrogen-bond donors (Lipinski definition) is 2. The van der Waals surface area contributed by atoms with Crippen LogP contribution in [-0.2, 0) is 6.42 Å². The van der Waals surface area contributed by atoms with E-state index in [-0.39, 0.29) is 5.91 Å². The Morgan fingerprint density at radius 3 is 2.48 bits per heavy atom. The van der Waals surface area contributed by atoms with Gasteiger partial charge in [0.15, 0.2) is 0 Å². The maximum absolute atomic E-state index is 12.2. The Hall–Kier alpha value is -3.14. The van der Waals surface area contributed by atoms with E-state index >= 15 is 0 Å². The third-order valence-corrected chi connectivity index (χ3v) is 4.05. The molecule has 3 rings (SSSR count). The normalized spacial score (nSPS) is 10.3. The lowest BCUT2D eigenvalue weighted by Gasteiger charge is -2.13. The fraction of sp³-hybridized carbons (Fsp3) is 0.143. The van der Waals surface area contributed by atoms with Gasteiger partial charge >= 0.3 is 0 Å². The summed E-state index contributed by atoms with van der Waals surface area (Å²) in [6, 6.07) is 19.1. The molecule has 0 spiro atoms. The molecule has 1 aromatic heterocycles. The molecule has 2 aromatic carbocycles. The first-order chi connectivity index (χ1) is 12.2. The molecule has 0 saturated carbocycles. The molecular formula is C21H21N3O. The Bertz CT molecular complexity index is 858. The third-order valence-electron chi connectivity index (χ3n) is 4.05. The first kappa shape index (κ1) is 16.7. The fourth-order valence-corrected chi connectivity index (χ4v) is 2.66. The average Bonchev–Trinajstić information content (AvgIpc) is 2.65. The lowest BCUT2D eigenvalue weighted by Crippen LogP contribution is -2.11. The highest BCUT2D eigenvalue weighted by Gasteiger charge is 2.07. The lowest BCUT2D eigenvalue weighted by atomic mass is 10.1. The van der Waals surface area contributed by atoms with Crippen LogP contribution in [0.25, 0.3) is 0 Å². The zero-order chi connectivity index (χ0) is 17.6. The molecule has 25 heavy (non-hydrogen) atoms. The molecule has 0 aliphatic heterocycles. The van der Waals surface area contributed by atoms with Gasteiger partial charge in [0.25, 0.3) is 5.91 Å². The Balaban J connectivity index is 1.72. The zero-order valence-corrected chi connectivity index (χ0v) is 14.4. The van der Waals surface area contributed by atoms with Gasteiger partial charge in [0.05, 0.1) is 11.9 Å². The minimum absolute atomic E-state index is 0.143. The maximum atomic E-state index is 12.2. The average molecular weight is 331 g/mol. The van der Waals surface area contributed by atoms with Crippen molar-refractivity contribution in [2.24, 2.45) is 0 Å². The third kappa shape index (κ3) is 4.04. The summed E-state index contributed by atoms with van der Waals surface area (Å²) >= 11 is 0. The van der Waals surface area contributed by atoms with Crippen molar-refractivity contribution in [1.29, 1.82) is 0 Å². The molecule has 0 aliphatic rings. The summed E-state index contributed by atoms with van der Waals surface area (Å²) in [4.78, 5) is 16.6. The SMILES string of the molecule is CCc1cccc(C)c1Nc1ccc(NC(=O)c2ccccc2)cn1. The number of nitrogens with one attached hydrogen (secondary N) is 2. The fourth-order valence-electron chi connectivity index (χ4n) is 2.66. The van der Waals surface area contributed by atoms with E-state index in [0.29, 0.717) is 11.3 Å². The van der Waals surface area contributed by atoms with E-state index in [4.69, 9.17) is 0 Å². The summed E-state index contributed by atoms with van der Waals surface area (Å²) in [5, 5.41) is 6.23. The zero-order valence-electron chi connectivity index (χ0n) is 14.4. The van der Waals surface area contributed by atoms with Gasteiger partial charge in [-0.25, -0.2) is 4.98 Å². The van der Waals surface area contributed by atoms with Gasteiger partial charge in [0, 0.05) is 11.3 Å². The topological polar surface area (TPSA) is 54.0 Å². The van der Waals surface area contributed by atoms with Crippen molar-refractivity contribution in [2.75, 3.05) is 10.6 Å². The minimum Gasteiger partial charge on any atom is -0.340 e. The van der Waals surface area contributed by atoms with E-state index in [1.54, 1.807) is 18.3 Å². The number of para-hydroxylation sites is 1. The van der Waals surface area contributed by atoms with Crippen LogP contribution in [0.4, 0.5) is 17.2 Å². The molecule has 0 radical (unpaired) electrons. The predicted molar refractivity (Wildman–Crippen MR) is 102 cm³/mol. The number of nitrogens with zero attached hydrogens (tertiary/aromatic N) is 1. The van der Waals surface area contributed by atoms with Gasteiger partial charge in [0.1, 0.15) is 5.82 Å². The number of rotatable bonds is 5. The highest BCUT2D eigenvalue weighted by molar-refractivity contribution is 6.04. The van der Waals surface area contributed by atoms with Gasteiger partial charge in [-0.1, -0.05) is 43.3 Å². The Labute approximate surface area is 147 Å². The van der Waals surface area contributed by atoms with Crippen LogP contribution >= 0.6 is 0 Å². The number of aryl methyl sites for hydroxylation is 2. The van der Waals surface area contributed by atoms with Crippen molar-refractivity contribution in [3.05, 3.63) is 83.6 Å². The summed E-state index contributed by atoms with van der Waals surface area (Å²) < 4.78 is 0. The van der Waals surface area contributed by atoms with E-state index < -0.39 is 0 Å². The maximum Gasteiger partial charge on any atom is 0.255 e. The van der Waals surface area contributed by atoms with Crippen molar-refractivity contribution in [2.45, 2.75) is 20.3 Å². The first-order valence-corrected chi connectivity index (χ1v) is 8.35. The molecular weight excluding hydrogens is 310 g/mol. The van der Waals surface area contributed by atoms with Crippen LogP contribution in [0, 0.1) is 6.92 Å². The standard InChI is InChI=1S/C21H21N3O/c1-3-16-11-7-8-15(2)20(16)24-19-13-12-18(14-22-19)23-21(25)17-9-5-4-6-10-17/h4-14H,3H2,1-2H3,(H,22,24)(H,23,25). The quantitative estimate of drug-likeness (QED) is 0.695. The van der Waals surface area contributed by atoms with Crippen LogP contribution in [0.15, 0.2) is 66.9 Å². The highest BCUT2D eigenvalue weighted by Crippen LogP contribution is 2.25. The van der Waals surface area contributed by atoms with E-state index in [1.165, 1.54) is 11.1 Å². The molecule has 0 saturated heterocycles. The van der Waals surface area contributed by atoms with Crippen molar-refractivity contribution >= 4 is 23.1 Å². The van der Waals surface area contributed by atoms with Crippen LogP contribution < -0.4 is 10.6 Å². The molecule has 1 amide bonds. The van der Waals surface area contributed by atoms with Crippen LogP contribution in [0.1, 0.15) is 28.4 Å². The van der Waals surface area contributed by atoms with E-state index in [9.17, 15) is 4.79 Å². The van der Waals surface area contributed by atoms with Crippen molar-refractivity contribution in [3.63, 3.8) is 0 Å². The second kappa shape index (κ2) is 7.62. The molecule has 3 aromatic rings. The van der Waals surface area contributed by atoms with Crippen LogP contribution in [0.5, 0.6) is 0 Å². The number of carbonyl (C=O) groups excluding carboxylic acids is 1. The van der Waals surface area contributed by atoms with Crippen molar-refractivity contribution in [3.8, 4) is 0 Å². The van der Waals surface area contributed by atoms with Crippen molar-refractivity contribution in [1.82, 2.24) is 4.98 Å². The second-order valence-corrected chi connectivity index (χ2v) is 5.84. The largest absolute Gasteiger partial charge is 0.340 e. The van der Waals surface area contributed by atoms with Gasteiger partial charge in [-0.05, 0) is 48.7 Å². The Morgan fingerprint density at radius 2 is 1.80 bits per heavy atom. The molecule has 0 atom stereocenters. The first-order valence-electron chi connectivity index (χ1n) is 8.35. The van der Waals surface area contributed by atoms with Gasteiger partial charge in [-0.15, -0.1) is 0 Å². The molecule has 4 nitrogen and oxygen atoms in total. The van der Waals surface area contributed by atoms with Crippen LogP contribution in [0.3, 0.4) is 0 Å². The highest BCUT2D eigenvalue weighted by atomic mass is 16.1. The second-order valence-electron chi connectivity index (χ2n) is 5.84.